The van der Waals surface area contributed by atoms with Gasteiger partial charge in [0, 0.05) is 29.6 Å². The third kappa shape index (κ3) is 3.18. The number of nitriles is 1. The Morgan fingerprint density at radius 2 is 1.76 bits per heavy atom. The highest BCUT2D eigenvalue weighted by molar-refractivity contribution is 7.89. The van der Waals surface area contributed by atoms with E-state index in [2.05, 4.69) is 4.98 Å². The lowest BCUT2D eigenvalue weighted by molar-refractivity contribution is -0.162. The minimum atomic E-state index is -5.38. The number of nitrogens with zero attached hydrogens (tertiary/aromatic N) is 2. The molecule has 1 atom stereocenters. The molecule has 2 N–H and O–H groups in total. The molecule has 0 spiro atoms. The predicted molar refractivity (Wildman–Crippen MR) is 74.4 cm³/mol. The van der Waals surface area contributed by atoms with E-state index < -0.39 is 49.3 Å². The number of alkyl halides is 3. The van der Waals surface area contributed by atoms with Crippen LogP contribution in [-0.4, -0.2) is 19.6 Å². The molecule has 25 heavy (non-hydrogen) atoms. The van der Waals surface area contributed by atoms with E-state index in [-0.39, 0.29) is 6.07 Å². The number of hydrogen-bond donors (Lipinski definition) is 1. The highest BCUT2D eigenvalue weighted by atomic mass is 32.2. The summed E-state index contributed by atoms with van der Waals surface area (Å²) in [5, 5.41) is 14.1. The second kappa shape index (κ2) is 6.05. The molecule has 2 aromatic rings. The van der Waals surface area contributed by atoms with E-state index in [4.69, 9.17) is 5.14 Å². The smallest absolute Gasteiger partial charge is 0.263 e. The average Bonchev–Trinajstić information content (AvgIpc) is 2.48. The highest BCUT2D eigenvalue weighted by Gasteiger charge is 2.59. The molecule has 0 saturated heterocycles. The van der Waals surface area contributed by atoms with Gasteiger partial charge in [0.05, 0.1) is 6.07 Å². The number of benzene rings is 1. The molecule has 0 fully saturated rings. The predicted octanol–water partition coefficient (Wildman–Crippen LogP) is 2.38. The van der Waals surface area contributed by atoms with Crippen LogP contribution in [0.4, 0.5) is 22.0 Å². The summed E-state index contributed by atoms with van der Waals surface area (Å²) in [6.45, 7) is 0. The minimum absolute atomic E-state index is 0.185. The Hall–Kier alpha value is -2.58. The molecule has 11 heteroatoms. The molecule has 5 nitrogen and oxygen atoms in total. The molecule has 1 heterocycles. The standard InChI is InChI=1S/C14H8F5N3O2S/c15-9-1-2-11(12(16)4-9)13(7-20,14(17,18)19)8-3-10(6-22-5-8)25(21,23)24/h1-6H,(H2,21,23,24). The number of halogens is 5. The van der Waals surface area contributed by atoms with Crippen LogP contribution in [0.1, 0.15) is 11.1 Å². The van der Waals surface area contributed by atoms with Crippen LogP contribution in [-0.2, 0) is 15.4 Å². The second-order valence-corrected chi connectivity index (χ2v) is 6.50. The molecule has 2 rings (SSSR count). The number of primary sulfonamides is 1. The van der Waals surface area contributed by atoms with Crippen LogP contribution in [0.2, 0.25) is 0 Å². The van der Waals surface area contributed by atoms with Crippen molar-refractivity contribution in [1.82, 2.24) is 4.98 Å². The summed E-state index contributed by atoms with van der Waals surface area (Å²) in [5.74, 6) is -2.77. The van der Waals surface area contributed by atoms with Gasteiger partial charge in [0.25, 0.3) is 0 Å². The van der Waals surface area contributed by atoms with Crippen molar-refractivity contribution in [2.45, 2.75) is 16.5 Å². The van der Waals surface area contributed by atoms with Crippen LogP contribution in [0.3, 0.4) is 0 Å². The van der Waals surface area contributed by atoms with Crippen molar-refractivity contribution in [2.24, 2.45) is 5.14 Å². The van der Waals surface area contributed by atoms with E-state index in [0.717, 1.165) is 6.07 Å². The van der Waals surface area contributed by atoms with Gasteiger partial charge in [0.2, 0.25) is 15.4 Å². The maximum Gasteiger partial charge on any atom is 0.415 e. The van der Waals surface area contributed by atoms with Gasteiger partial charge in [0.15, 0.2) is 0 Å². The maximum absolute atomic E-state index is 14.0. The van der Waals surface area contributed by atoms with Gasteiger partial charge in [-0.25, -0.2) is 22.3 Å². The fourth-order valence-electron chi connectivity index (χ4n) is 2.23. The first kappa shape index (κ1) is 18.8. The van der Waals surface area contributed by atoms with E-state index >= 15 is 0 Å². The second-order valence-electron chi connectivity index (χ2n) is 4.94. The molecule has 1 aromatic carbocycles. The van der Waals surface area contributed by atoms with Crippen molar-refractivity contribution in [3.05, 3.63) is 59.4 Å². The summed E-state index contributed by atoms with van der Waals surface area (Å²) in [6, 6.07) is 2.63. The molecule has 0 bridgehead atoms. The number of hydrogen-bond acceptors (Lipinski definition) is 4. The lowest BCUT2D eigenvalue weighted by Gasteiger charge is -2.30. The largest absolute Gasteiger partial charge is 0.415 e. The average molecular weight is 377 g/mol. The van der Waals surface area contributed by atoms with E-state index in [1.165, 1.54) is 0 Å². The first-order valence-electron chi connectivity index (χ1n) is 6.35. The van der Waals surface area contributed by atoms with E-state index in [9.17, 15) is 35.6 Å². The zero-order valence-electron chi connectivity index (χ0n) is 12.1. The lowest BCUT2D eigenvalue weighted by atomic mass is 9.75. The summed E-state index contributed by atoms with van der Waals surface area (Å²) < 4.78 is 91.1. The molecule has 0 aliphatic rings. The molecule has 0 amide bonds. The van der Waals surface area contributed by atoms with Crippen LogP contribution < -0.4 is 5.14 Å². The van der Waals surface area contributed by atoms with Gasteiger partial charge >= 0.3 is 6.18 Å². The number of aromatic nitrogens is 1. The zero-order valence-corrected chi connectivity index (χ0v) is 12.9. The Kier molecular flexibility index (Phi) is 4.54. The SMILES string of the molecule is N#CC(c1cncc(S(N)(=O)=O)c1)(c1ccc(F)cc1F)C(F)(F)F. The highest BCUT2D eigenvalue weighted by Crippen LogP contribution is 2.47. The van der Waals surface area contributed by atoms with E-state index in [0.29, 0.717) is 30.6 Å². The summed E-state index contributed by atoms with van der Waals surface area (Å²) in [6.07, 6.45) is -4.13. The summed E-state index contributed by atoms with van der Waals surface area (Å²) in [7, 11) is -4.43. The van der Waals surface area contributed by atoms with Crippen molar-refractivity contribution < 1.29 is 30.4 Å². The third-order valence-electron chi connectivity index (χ3n) is 3.40. The summed E-state index contributed by atoms with van der Waals surface area (Å²) in [4.78, 5) is 2.55. The van der Waals surface area contributed by atoms with Gasteiger partial charge in [-0.15, -0.1) is 0 Å². The van der Waals surface area contributed by atoms with E-state index in [1.807, 2.05) is 0 Å². The van der Waals surface area contributed by atoms with E-state index in [1.54, 1.807) is 0 Å². The number of pyridine rings is 1. The third-order valence-corrected chi connectivity index (χ3v) is 4.28. The van der Waals surface area contributed by atoms with Crippen molar-refractivity contribution in [3.8, 4) is 6.07 Å². The van der Waals surface area contributed by atoms with Gasteiger partial charge in [-0.3, -0.25) is 4.98 Å². The fourth-order valence-corrected chi connectivity index (χ4v) is 2.73. The Morgan fingerprint density at radius 3 is 2.24 bits per heavy atom. The monoisotopic (exact) mass is 377 g/mol. The van der Waals surface area contributed by atoms with Gasteiger partial charge in [-0.05, 0) is 12.1 Å². The molecule has 0 aliphatic carbocycles. The minimum Gasteiger partial charge on any atom is -0.263 e. The van der Waals surface area contributed by atoms with Crippen molar-refractivity contribution in [3.63, 3.8) is 0 Å². The molecule has 1 aromatic heterocycles. The normalized spacial score (nSPS) is 14.6. The van der Waals surface area contributed by atoms with Gasteiger partial charge < -0.3 is 0 Å². The molecule has 1 unspecified atom stereocenters. The topological polar surface area (TPSA) is 96.8 Å². The number of sulfonamides is 1. The summed E-state index contributed by atoms with van der Waals surface area (Å²) >= 11 is 0. The zero-order chi connectivity index (χ0) is 19.0. The summed E-state index contributed by atoms with van der Waals surface area (Å²) in [5.41, 5.74) is -5.78. The van der Waals surface area contributed by atoms with Gasteiger partial charge in [-0.2, -0.15) is 18.4 Å². The van der Waals surface area contributed by atoms with Crippen LogP contribution in [0.25, 0.3) is 0 Å². The molecule has 0 saturated carbocycles. The lowest BCUT2D eigenvalue weighted by Crippen LogP contribution is -2.43. The van der Waals surface area contributed by atoms with Crippen molar-refractivity contribution in [2.75, 3.05) is 0 Å². The molecular formula is C14H8F5N3O2S. The van der Waals surface area contributed by atoms with Crippen LogP contribution in [0.15, 0.2) is 41.6 Å². The first-order valence-corrected chi connectivity index (χ1v) is 7.90. The molecule has 132 valence electrons. The maximum atomic E-state index is 14.0. The molecule has 0 aliphatic heterocycles. The first-order chi connectivity index (χ1) is 11.4. The Morgan fingerprint density at radius 1 is 1.12 bits per heavy atom. The van der Waals surface area contributed by atoms with Crippen LogP contribution in [0.5, 0.6) is 0 Å². The van der Waals surface area contributed by atoms with Crippen molar-refractivity contribution >= 4 is 10.0 Å². The molecular weight excluding hydrogens is 369 g/mol. The van der Waals surface area contributed by atoms with Crippen LogP contribution in [0, 0.1) is 23.0 Å². The number of rotatable bonds is 3. The van der Waals surface area contributed by atoms with Crippen LogP contribution >= 0.6 is 0 Å². The molecule has 0 radical (unpaired) electrons. The Bertz CT molecular complexity index is 969. The Balaban J connectivity index is 2.90. The van der Waals surface area contributed by atoms with Gasteiger partial charge in [0.1, 0.15) is 16.5 Å². The fraction of sp³-hybridized carbons (Fsp3) is 0.143. The quantitative estimate of drug-likeness (QED) is 0.831. The number of nitrogens with two attached hydrogens (primary N) is 1. The Labute approximate surface area is 138 Å². The van der Waals surface area contributed by atoms with Gasteiger partial charge in [-0.1, -0.05) is 6.07 Å². The van der Waals surface area contributed by atoms with Crippen molar-refractivity contribution in [1.29, 1.82) is 5.26 Å².